The van der Waals surface area contributed by atoms with Crippen molar-refractivity contribution in [2.45, 2.75) is 32.1 Å². The van der Waals surface area contributed by atoms with Gasteiger partial charge < -0.3 is 4.74 Å². The fraction of sp³-hybridized carbons (Fsp3) is 0.233. The molecule has 0 atom stereocenters. The van der Waals surface area contributed by atoms with Crippen LogP contribution in [0.2, 0.25) is 0 Å². The number of carbonyl (C=O) groups is 1. The zero-order chi connectivity index (χ0) is 23.2. The maximum absolute atomic E-state index is 11.2. The second-order valence-corrected chi connectivity index (χ2v) is 11.6. The van der Waals surface area contributed by atoms with E-state index >= 15 is 0 Å². The Balaban J connectivity index is 1.72. The Morgan fingerprint density at radius 3 is 1.61 bits per heavy atom. The van der Waals surface area contributed by atoms with Crippen molar-refractivity contribution in [1.29, 1.82) is 0 Å². The van der Waals surface area contributed by atoms with Crippen molar-refractivity contribution in [3.63, 3.8) is 0 Å². The summed E-state index contributed by atoms with van der Waals surface area (Å²) in [4.78, 5) is 11.2. The molecule has 0 saturated carbocycles. The molecule has 3 heteroatoms. The Hall–Kier alpha value is -2.96. The van der Waals surface area contributed by atoms with Crippen molar-refractivity contribution in [2.24, 2.45) is 0 Å². The van der Waals surface area contributed by atoms with E-state index in [0.717, 1.165) is 31.8 Å². The molecule has 170 valence electrons. The van der Waals surface area contributed by atoms with Crippen LogP contribution >= 0.6 is 7.26 Å². The van der Waals surface area contributed by atoms with Gasteiger partial charge in [0.05, 0.1) is 13.3 Å². The van der Waals surface area contributed by atoms with Gasteiger partial charge in [-0.15, -0.1) is 0 Å². The van der Waals surface area contributed by atoms with Gasteiger partial charge in [-0.05, 0) is 55.7 Å². The number of unbranched alkanes of at least 4 members (excludes halogenated alkanes) is 1. The first kappa shape index (κ1) is 24.7. The number of hydrogen-bond acceptors (Lipinski definition) is 2. The smallest absolute Gasteiger partial charge is 0.305 e. The van der Waals surface area contributed by atoms with Crippen LogP contribution in [-0.4, -0.2) is 19.2 Å². The van der Waals surface area contributed by atoms with Gasteiger partial charge >= 0.3 is 5.97 Å². The standard InChI is InChI=1S/C30H34O2P/c1-32-30(31)25-17-6-4-2-3-5-7-18-26-33(27-19-11-8-12-20-27,28-21-13-9-14-22-28)29-23-15-10-16-24-29/h2,4-5,7-16,19-24H,3,6,17-18,25-26H2,1H3/q+1/b4-2-,7-5-. The summed E-state index contributed by atoms with van der Waals surface area (Å²) in [6, 6.07) is 33.1. The summed E-state index contributed by atoms with van der Waals surface area (Å²) in [5.41, 5.74) is 0. The van der Waals surface area contributed by atoms with E-state index in [-0.39, 0.29) is 5.97 Å². The van der Waals surface area contributed by atoms with E-state index in [0.29, 0.717) is 6.42 Å². The minimum absolute atomic E-state index is 0.134. The Labute approximate surface area is 199 Å². The average Bonchev–Trinajstić information content (AvgIpc) is 2.89. The molecular weight excluding hydrogens is 423 g/mol. The van der Waals surface area contributed by atoms with Gasteiger partial charge in [-0.2, -0.15) is 0 Å². The first-order valence-electron chi connectivity index (χ1n) is 11.7. The summed E-state index contributed by atoms with van der Waals surface area (Å²) < 4.78 is 4.67. The molecule has 2 nitrogen and oxygen atoms in total. The molecule has 0 aliphatic rings. The zero-order valence-electron chi connectivity index (χ0n) is 19.5. The molecule has 3 rings (SSSR count). The molecule has 0 spiro atoms. The lowest BCUT2D eigenvalue weighted by molar-refractivity contribution is -0.140. The maximum atomic E-state index is 11.2. The van der Waals surface area contributed by atoms with E-state index in [1.54, 1.807) is 0 Å². The van der Waals surface area contributed by atoms with Crippen molar-refractivity contribution in [3.8, 4) is 0 Å². The highest BCUT2D eigenvalue weighted by molar-refractivity contribution is 7.95. The number of methoxy groups -OCH3 is 1. The maximum Gasteiger partial charge on any atom is 0.305 e. The molecule has 0 saturated heterocycles. The van der Waals surface area contributed by atoms with E-state index < -0.39 is 7.26 Å². The van der Waals surface area contributed by atoms with Gasteiger partial charge in [0, 0.05) is 12.8 Å². The lowest BCUT2D eigenvalue weighted by Crippen LogP contribution is -2.33. The van der Waals surface area contributed by atoms with Crippen molar-refractivity contribution < 1.29 is 9.53 Å². The molecule has 3 aromatic rings. The highest BCUT2D eigenvalue weighted by atomic mass is 31.2. The van der Waals surface area contributed by atoms with Gasteiger partial charge in [0.15, 0.2) is 0 Å². The SMILES string of the molecule is COC(=O)CCC/C=C\C/C=C\CC[P+](c1ccccc1)(c1ccccc1)c1ccccc1. The van der Waals surface area contributed by atoms with Crippen LogP contribution in [0.15, 0.2) is 115 Å². The third kappa shape index (κ3) is 7.01. The van der Waals surface area contributed by atoms with Crippen molar-refractivity contribution >= 4 is 29.1 Å². The molecule has 0 amide bonds. The molecule has 0 aromatic heterocycles. The van der Waals surface area contributed by atoms with Crippen LogP contribution in [0.4, 0.5) is 0 Å². The van der Waals surface area contributed by atoms with Gasteiger partial charge in [-0.25, -0.2) is 0 Å². The molecule has 0 fully saturated rings. The fourth-order valence-corrected chi connectivity index (χ4v) is 8.37. The quantitative estimate of drug-likeness (QED) is 0.140. The Morgan fingerprint density at radius 1 is 0.697 bits per heavy atom. The molecule has 3 aromatic carbocycles. The number of carbonyl (C=O) groups excluding carboxylic acids is 1. The second kappa shape index (κ2) is 13.6. The van der Waals surface area contributed by atoms with Crippen molar-refractivity contribution in [3.05, 3.63) is 115 Å². The summed E-state index contributed by atoms with van der Waals surface area (Å²) in [7, 11) is -0.311. The number of allylic oxidation sites excluding steroid dienone is 4. The third-order valence-corrected chi connectivity index (χ3v) is 10.3. The van der Waals surface area contributed by atoms with Gasteiger partial charge in [0.2, 0.25) is 0 Å². The molecule has 0 aliphatic heterocycles. The van der Waals surface area contributed by atoms with Crippen molar-refractivity contribution in [2.75, 3.05) is 13.3 Å². The van der Waals surface area contributed by atoms with Crippen LogP contribution in [0, 0.1) is 0 Å². The molecule has 33 heavy (non-hydrogen) atoms. The summed E-state index contributed by atoms with van der Waals surface area (Å²) in [5, 5.41) is 4.30. The van der Waals surface area contributed by atoms with Gasteiger partial charge in [0.1, 0.15) is 23.2 Å². The van der Waals surface area contributed by atoms with E-state index in [9.17, 15) is 4.79 Å². The minimum Gasteiger partial charge on any atom is -0.469 e. The lowest BCUT2D eigenvalue weighted by Gasteiger charge is -2.27. The first-order valence-corrected chi connectivity index (χ1v) is 13.7. The predicted octanol–water partition coefficient (Wildman–Crippen LogP) is 6.22. The molecular formula is C30H34O2P+. The van der Waals surface area contributed by atoms with Crippen LogP contribution in [0.5, 0.6) is 0 Å². The second-order valence-electron chi connectivity index (χ2n) is 7.98. The Kier molecular flexibility index (Phi) is 10.1. The van der Waals surface area contributed by atoms with Crippen LogP contribution in [-0.2, 0) is 9.53 Å². The molecule has 0 radical (unpaired) electrons. The summed E-state index contributed by atoms with van der Waals surface area (Å²) >= 11 is 0. The topological polar surface area (TPSA) is 26.3 Å². The molecule has 0 heterocycles. The lowest BCUT2D eigenvalue weighted by atomic mass is 10.2. The average molecular weight is 458 g/mol. The van der Waals surface area contributed by atoms with Crippen LogP contribution < -0.4 is 15.9 Å². The largest absolute Gasteiger partial charge is 0.469 e. The predicted molar refractivity (Wildman–Crippen MR) is 143 cm³/mol. The first-order chi connectivity index (χ1) is 16.3. The number of esters is 1. The van der Waals surface area contributed by atoms with Crippen LogP contribution in [0.1, 0.15) is 32.1 Å². The van der Waals surface area contributed by atoms with Gasteiger partial charge in [0.25, 0.3) is 0 Å². The minimum atomic E-state index is -1.75. The number of ether oxygens (including phenoxy) is 1. The zero-order valence-corrected chi connectivity index (χ0v) is 20.4. The van der Waals surface area contributed by atoms with Gasteiger partial charge in [-0.3, -0.25) is 4.79 Å². The highest BCUT2D eigenvalue weighted by Crippen LogP contribution is 2.55. The fourth-order valence-electron chi connectivity index (χ4n) is 4.12. The molecule has 0 bridgehead atoms. The third-order valence-electron chi connectivity index (χ3n) is 5.81. The van der Waals surface area contributed by atoms with E-state index in [4.69, 9.17) is 0 Å². The monoisotopic (exact) mass is 457 g/mol. The van der Waals surface area contributed by atoms with E-state index in [1.807, 2.05) is 0 Å². The molecule has 0 N–H and O–H groups in total. The molecule has 0 unspecified atom stereocenters. The highest BCUT2D eigenvalue weighted by Gasteiger charge is 2.44. The normalized spacial score (nSPS) is 11.8. The van der Waals surface area contributed by atoms with Gasteiger partial charge in [-0.1, -0.05) is 78.9 Å². The number of hydrogen-bond donors (Lipinski definition) is 0. The molecule has 0 aliphatic carbocycles. The van der Waals surface area contributed by atoms with Crippen LogP contribution in [0.25, 0.3) is 0 Å². The summed E-state index contributed by atoms with van der Waals surface area (Å²) in [6.45, 7) is 0. The Bertz CT molecular complexity index is 914. The Morgan fingerprint density at radius 2 is 1.15 bits per heavy atom. The summed E-state index contributed by atoms with van der Waals surface area (Å²) in [6.07, 6.45) is 14.2. The summed E-state index contributed by atoms with van der Waals surface area (Å²) in [5.74, 6) is -0.134. The van der Waals surface area contributed by atoms with Crippen LogP contribution in [0.3, 0.4) is 0 Å². The van der Waals surface area contributed by atoms with E-state index in [2.05, 4.69) is 120 Å². The number of benzene rings is 3. The van der Waals surface area contributed by atoms with E-state index in [1.165, 1.54) is 23.0 Å². The number of rotatable bonds is 12. The van der Waals surface area contributed by atoms with Crippen molar-refractivity contribution in [1.82, 2.24) is 0 Å².